The van der Waals surface area contributed by atoms with E-state index in [9.17, 15) is 5.11 Å². The van der Waals surface area contributed by atoms with E-state index in [1.165, 1.54) is 0 Å². The lowest BCUT2D eigenvalue weighted by molar-refractivity contribution is 0.123. The van der Waals surface area contributed by atoms with Crippen LogP contribution in [0, 0.1) is 13.8 Å². The maximum absolute atomic E-state index is 10.3. The average molecular weight is 339 g/mol. The summed E-state index contributed by atoms with van der Waals surface area (Å²) in [5, 5.41) is 14.2. The van der Waals surface area contributed by atoms with Gasteiger partial charge in [-0.3, -0.25) is 4.90 Å². The molecule has 0 fully saturated rings. The summed E-state index contributed by atoms with van der Waals surface area (Å²) >= 11 is 3.39. The summed E-state index contributed by atoms with van der Waals surface area (Å²) in [4.78, 5) is 2.07. The molecule has 0 aliphatic rings. The van der Waals surface area contributed by atoms with Crippen LogP contribution in [-0.4, -0.2) is 28.8 Å². The zero-order valence-corrected chi connectivity index (χ0v) is 13.5. The molecule has 2 rings (SSSR count). The molecule has 0 bridgehead atoms. The third-order valence-corrected chi connectivity index (χ3v) is 3.88. The quantitative estimate of drug-likeness (QED) is 0.909. The van der Waals surface area contributed by atoms with E-state index in [0.29, 0.717) is 6.54 Å². The van der Waals surface area contributed by atoms with Gasteiger partial charge in [0.2, 0.25) is 0 Å². The molecule has 1 aromatic heterocycles. The van der Waals surface area contributed by atoms with E-state index in [1.807, 2.05) is 45.2 Å². The largest absolute Gasteiger partial charge is 0.387 e. The highest BCUT2D eigenvalue weighted by Gasteiger charge is 2.15. The first-order chi connectivity index (χ1) is 9.47. The second-order valence-electron chi connectivity index (χ2n) is 5.07. The molecule has 4 nitrogen and oxygen atoms in total. The zero-order chi connectivity index (χ0) is 14.7. The van der Waals surface area contributed by atoms with E-state index in [4.69, 9.17) is 4.52 Å². The van der Waals surface area contributed by atoms with Gasteiger partial charge in [0.1, 0.15) is 5.76 Å². The summed E-state index contributed by atoms with van der Waals surface area (Å²) in [5.74, 6) is 0.840. The van der Waals surface area contributed by atoms with Crippen LogP contribution in [0.25, 0.3) is 0 Å². The SMILES string of the molecule is Cc1noc(C)c1CN(C)C[C@@H](O)c1ccc(Br)cc1. The van der Waals surface area contributed by atoms with Gasteiger partial charge in [-0.15, -0.1) is 0 Å². The Hall–Kier alpha value is -1.17. The number of benzene rings is 1. The van der Waals surface area contributed by atoms with Gasteiger partial charge in [0, 0.05) is 23.1 Å². The van der Waals surface area contributed by atoms with E-state index in [2.05, 4.69) is 26.0 Å². The number of aliphatic hydroxyl groups excluding tert-OH is 1. The monoisotopic (exact) mass is 338 g/mol. The molecule has 1 atom stereocenters. The van der Waals surface area contributed by atoms with Gasteiger partial charge >= 0.3 is 0 Å². The lowest BCUT2D eigenvalue weighted by Gasteiger charge is -2.20. The van der Waals surface area contributed by atoms with Gasteiger partial charge in [-0.1, -0.05) is 33.2 Å². The number of halogens is 1. The molecule has 0 aliphatic heterocycles. The molecule has 0 unspecified atom stereocenters. The van der Waals surface area contributed by atoms with Gasteiger partial charge in [-0.25, -0.2) is 0 Å². The minimum Gasteiger partial charge on any atom is -0.387 e. The molecule has 1 heterocycles. The molecule has 2 aromatic rings. The Morgan fingerprint density at radius 2 is 1.95 bits per heavy atom. The van der Waals surface area contributed by atoms with Crippen LogP contribution in [0.2, 0.25) is 0 Å². The van der Waals surface area contributed by atoms with Gasteiger partial charge in [-0.2, -0.15) is 0 Å². The second-order valence-corrected chi connectivity index (χ2v) is 5.98. The van der Waals surface area contributed by atoms with Crippen molar-refractivity contribution in [1.29, 1.82) is 0 Å². The Labute approximate surface area is 127 Å². The minimum absolute atomic E-state index is 0.506. The lowest BCUT2D eigenvalue weighted by Crippen LogP contribution is -2.24. The van der Waals surface area contributed by atoms with Crippen LogP contribution >= 0.6 is 15.9 Å². The van der Waals surface area contributed by atoms with Gasteiger partial charge in [0.05, 0.1) is 11.8 Å². The van der Waals surface area contributed by atoms with Crippen molar-refractivity contribution in [2.45, 2.75) is 26.5 Å². The van der Waals surface area contributed by atoms with E-state index >= 15 is 0 Å². The summed E-state index contributed by atoms with van der Waals surface area (Å²) in [6.07, 6.45) is -0.506. The highest BCUT2D eigenvalue weighted by atomic mass is 79.9. The number of aliphatic hydroxyl groups is 1. The van der Waals surface area contributed by atoms with Crippen LogP contribution < -0.4 is 0 Å². The zero-order valence-electron chi connectivity index (χ0n) is 11.9. The van der Waals surface area contributed by atoms with Crippen molar-refractivity contribution in [3.05, 3.63) is 51.3 Å². The average Bonchev–Trinajstić information content (AvgIpc) is 2.71. The normalized spacial score (nSPS) is 12.9. The van der Waals surface area contributed by atoms with Crippen molar-refractivity contribution in [2.75, 3.05) is 13.6 Å². The van der Waals surface area contributed by atoms with Crippen LogP contribution in [0.3, 0.4) is 0 Å². The van der Waals surface area contributed by atoms with Crippen LogP contribution in [0.1, 0.15) is 28.7 Å². The van der Waals surface area contributed by atoms with E-state index in [0.717, 1.165) is 33.6 Å². The molecule has 0 saturated heterocycles. The van der Waals surface area contributed by atoms with Gasteiger partial charge in [0.25, 0.3) is 0 Å². The standard InChI is InChI=1S/C15H19BrN2O2/c1-10-14(11(2)20-17-10)8-18(3)9-15(19)12-4-6-13(16)7-5-12/h4-7,15,19H,8-9H2,1-3H3/t15-/m1/s1. The predicted molar refractivity (Wildman–Crippen MR) is 81.4 cm³/mol. The van der Waals surface area contributed by atoms with E-state index < -0.39 is 6.10 Å². The molecular formula is C15H19BrN2O2. The summed E-state index contributed by atoms with van der Waals surface area (Å²) in [6, 6.07) is 7.73. The second kappa shape index (κ2) is 6.52. The number of likely N-dealkylation sites (N-methyl/N-ethyl adjacent to an activating group) is 1. The highest BCUT2D eigenvalue weighted by Crippen LogP contribution is 2.19. The fourth-order valence-corrected chi connectivity index (χ4v) is 2.41. The van der Waals surface area contributed by atoms with Crippen molar-refractivity contribution >= 4 is 15.9 Å². The summed E-state index contributed by atoms with van der Waals surface area (Å²) in [7, 11) is 1.98. The predicted octanol–water partition coefficient (Wildman–Crippen LogP) is 3.22. The summed E-state index contributed by atoms with van der Waals surface area (Å²) < 4.78 is 6.17. The molecule has 0 aliphatic carbocycles. The Morgan fingerprint density at radius 3 is 2.50 bits per heavy atom. The number of hydrogen-bond donors (Lipinski definition) is 1. The van der Waals surface area contributed by atoms with Crippen molar-refractivity contribution < 1.29 is 9.63 Å². The third-order valence-electron chi connectivity index (χ3n) is 3.35. The molecule has 0 amide bonds. The van der Waals surface area contributed by atoms with Crippen molar-refractivity contribution in [3.8, 4) is 0 Å². The van der Waals surface area contributed by atoms with Crippen LogP contribution in [0.5, 0.6) is 0 Å². The van der Waals surface area contributed by atoms with E-state index in [1.54, 1.807) is 0 Å². The first-order valence-corrected chi connectivity index (χ1v) is 7.30. The Balaban J connectivity index is 1.97. The number of rotatable bonds is 5. The molecule has 1 aromatic carbocycles. The van der Waals surface area contributed by atoms with Gasteiger partial charge < -0.3 is 9.63 Å². The van der Waals surface area contributed by atoms with Crippen molar-refractivity contribution in [3.63, 3.8) is 0 Å². The first kappa shape index (κ1) is 15.2. The van der Waals surface area contributed by atoms with Gasteiger partial charge in [0.15, 0.2) is 0 Å². The Morgan fingerprint density at radius 1 is 1.30 bits per heavy atom. The van der Waals surface area contributed by atoms with Crippen LogP contribution in [-0.2, 0) is 6.54 Å². The molecule has 0 spiro atoms. The number of hydrogen-bond acceptors (Lipinski definition) is 4. The summed E-state index contributed by atoms with van der Waals surface area (Å²) in [6.45, 7) is 5.12. The first-order valence-electron chi connectivity index (χ1n) is 6.51. The molecule has 108 valence electrons. The topological polar surface area (TPSA) is 49.5 Å². The molecule has 0 saturated carbocycles. The molecule has 1 N–H and O–H groups in total. The fraction of sp³-hybridized carbons (Fsp3) is 0.400. The maximum Gasteiger partial charge on any atom is 0.138 e. The van der Waals surface area contributed by atoms with Crippen LogP contribution in [0.15, 0.2) is 33.3 Å². The smallest absolute Gasteiger partial charge is 0.138 e. The lowest BCUT2D eigenvalue weighted by atomic mass is 10.1. The van der Waals surface area contributed by atoms with Crippen molar-refractivity contribution in [1.82, 2.24) is 10.1 Å². The van der Waals surface area contributed by atoms with Crippen molar-refractivity contribution in [2.24, 2.45) is 0 Å². The van der Waals surface area contributed by atoms with Crippen LogP contribution in [0.4, 0.5) is 0 Å². The van der Waals surface area contributed by atoms with Gasteiger partial charge in [-0.05, 0) is 38.6 Å². The molecule has 5 heteroatoms. The number of aryl methyl sites for hydroxylation is 2. The molecule has 0 radical (unpaired) electrons. The summed E-state index contributed by atoms with van der Waals surface area (Å²) in [5.41, 5.74) is 2.92. The Kier molecular flexibility index (Phi) is 4.96. The third kappa shape index (κ3) is 3.69. The fourth-order valence-electron chi connectivity index (χ4n) is 2.15. The molecular weight excluding hydrogens is 320 g/mol. The minimum atomic E-state index is -0.506. The Bertz CT molecular complexity index is 546. The maximum atomic E-state index is 10.3. The number of nitrogens with zero attached hydrogens (tertiary/aromatic N) is 2. The number of aromatic nitrogens is 1. The highest BCUT2D eigenvalue weighted by molar-refractivity contribution is 9.10. The van der Waals surface area contributed by atoms with E-state index in [-0.39, 0.29) is 0 Å². The molecule has 20 heavy (non-hydrogen) atoms.